The molecule has 0 aliphatic carbocycles. The molecule has 1 aliphatic rings. The fraction of sp³-hybridized carbons (Fsp3) is 0.208. The second-order valence-corrected chi connectivity index (χ2v) is 8.25. The predicted molar refractivity (Wildman–Crippen MR) is 130 cm³/mol. The van der Waals surface area contributed by atoms with Crippen LogP contribution in [-0.2, 0) is 0 Å². The van der Waals surface area contributed by atoms with Gasteiger partial charge < -0.3 is 20.9 Å². The molecule has 7 heteroatoms. The standard InChI is InChI=1S/C24H24Cl2N4O/c1-16-19(25)6-4-8-21(16)29-22-7-3-2-5-18(22)24(31)28-17-9-10-23(20(26)15-17)30-13-11-27-12-14-30/h2-10,15,27,29H,11-14H2,1H3,(H,28,31). The molecular weight excluding hydrogens is 431 g/mol. The molecule has 1 heterocycles. The molecule has 3 N–H and O–H groups in total. The third kappa shape index (κ3) is 4.96. The van der Waals surface area contributed by atoms with E-state index in [1.54, 1.807) is 12.1 Å². The van der Waals surface area contributed by atoms with Crippen molar-refractivity contribution in [1.29, 1.82) is 0 Å². The summed E-state index contributed by atoms with van der Waals surface area (Å²) in [6, 6.07) is 18.7. The van der Waals surface area contributed by atoms with E-state index in [9.17, 15) is 4.79 Å². The number of amides is 1. The Labute approximate surface area is 192 Å². The average Bonchev–Trinajstić information content (AvgIpc) is 2.78. The Hall–Kier alpha value is -2.73. The van der Waals surface area contributed by atoms with Gasteiger partial charge in [-0.2, -0.15) is 0 Å². The second-order valence-electron chi connectivity index (χ2n) is 7.44. The van der Waals surface area contributed by atoms with Crippen LogP contribution in [0.3, 0.4) is 0 Å². The number of nitrogens with one attached hydrogen (secondary N) is 3. The maximum absolute atomic E-state index is 13.0. The Balaban J connectivity index is 1.53. The number of anilines is 4. The second kappa shape index (κ2) is 9.60. The molecule has 5 nitrogen and oxygen atoms in total. The van der Waals surface area contributed by atoms with Crippen LogP contribution in [0, 0.1) is 6.92 Å². The number of nitrogens with zero attached hydrogens (tertiary/aromatic N) is 1. The molecule has 0 unspecified atom stereocenters. The van der Waals surface area contributed by atoms with Crippen molar-refractivity contribution < 1.29 is 4.79 Å². The van der Waals surface area contributed by atoms with Crippen molar-refractivity contribution >= 4 is 51.9 Å². The van der Waals surface area contributed by atoms with Gasteiger partial charge in [0.1, 0.15) is 0 Å². The quantitative estimate of drug-likeness (QED) is 0.462. The van der Waals surface area contributed by atoms with Crippen LogP contribution in [0.5, 0.6) is 0 Å². The minimum Gasteiger partial charge on any atom is -0.368 e. The average molecular weight is 455 g/mol. The van der Waals surface area contributed by atoms with Crippen molar-refractivity contribution in [2.24, 2.45) is 0 Å². The largest absolute Gasteiger partial charge is 0.368 e. The van der Waals surface area contributed by atoms with Crippen molar-refractivity contribution in [3.05, 3.63) is 81.8 Å². The number of carbonyl (C=O) groups excluding carboxylic acids is 1. The highest BCUT2D eigenvalue weighted by Crippen LogP contribution is 2.31. The normalized spacial score (nSPS) is 13.7. The Morgan fingerprint density at radius 2 is 1.68 bits per heavy atom. The molecule has 0 saturated carbocycles. The molecule has 3 aromatic rings. The summed E-state index contributed by atoms with van der Waals surface area (Å²) in [5, 5.41) is 10.9. The lowest BCUT2D eigenvalue weighted by Crippen LogP contribution is -2.43. The van der Waals surface area contributed by atoms with Crippen LogP contribution in [0.1, 0.15) is 15.9 Å². The number of rotatable bonds is 5. The van der Waals surface area contributed by atoms with E-state index in [4.69, 9.17) is 23.2 Å². The summed E-state index contributed by atoms with van der Waals surface area (Å²) in [5.41, 5.74) is 4.66. The van der Waals surface area contributed by atoms with Crippen molar-refractivity contribution in [3.63, 3.8) is 0 Å². The Bertz CT molecular complexity index is 1100. The zero-order valence-corrected chi connectivity index (χ0v) is 18.7. The van der Waals surface area contributed by atoms with Crippen LogP contribution in [0.4, 0.5) is 22.7 Å². The van der Waals surface area contributed by atoms with E-state index < -0.39 is 0 Å². The lowest BCUT2D eigenvalue weighted by atomic mass is 10.1. The van der Waals surface area contributed by atoms with Gasteiger partial charge in [-0.3, -0.25) is 4.79 Å². The topological polar surface area (TPSA) is 56.4 Å². The number of benzene rings is 3. The monoisotopic (exact) mass is 454 g/mol. The maximum atomic E-state index is 13.0. The SMILES string of the molecule is Cc1c(Cl)cccc1Nc1ccccc1C(=O)Nc1ccc(N2CCNCC2)c(Cl)c1. The molecule has 160 valence electrons. The van der Waals surface area contributed by atoms with Gasteiger partial charge in [0.2, 0.25) is 0 Å². The third-order valence-corrected chi connectivity index (χ3v) is 6.08. The van der Waals surface area contributed by atoms with E-state index >= 15 is 0 Å². The number of hydrogen-bond acceptors (Lipinski definition) is 4. The zero-order chi connectivity index (χ0) is 21.8. The van der Waals surface area contributed by atoms with Crippen molar-refractivity contribution in [2.45, 2.75) is 6.92 Å². The molecule has 1 fully saturated rings. The highest BCUT2D eigenvalue weighted by Gasteiger charge is 2.16. The van der Waals surface area contributed by atoms with Gasteiger partial charge in [0.15, 0.2) is 0 Å². The van der Waals surface area contributed by atoms with Gasteiger partial charge >= 0.3 is 0 Å². The third-order valence-electron chi connectivity index (χ3n) is 5.37. The minimum atomic E-state index is -0.214. The van der Waals surface area contributed by atoms with Gasteiger partial charge in [0.05, 0.1) is 22.0 Å². The van der Waals surface area contributed by atoms with Crippen molar-refractivity contribution in [1.82, 2.24) is 5.32 Å². The van der Waals surface area contributed by atoms with Gasteiger partial charge in [-0.05, 0) is 55.0 Å². The van der Waals surface area contributed by atoms with Gasteiger partial charge in [-0.25, -0.2) is 0 Å². The first kappa shape index (κ1) is 21.5. The van der Waals surface area contributed by atoms with E-state index in [1.165, 1.54) is 0 Å². The molecule has 31 heavy (non-hydrogen) atoms. The molecule has 0 bridgehead atoms. The lowest BCUT2D eigenvalue weighted by Gasteiger charge is -2.30. The van der Waals surface area contributed by atoms with Gasteiger partial charge in [-0.1, -0.05) is 41.4 Å². The molecule has 1 amide bonds. The first-order valence-corrected chi connectivity index (χ1v) is 11.0. The molecule has 4 rings (SSSR count). The summed E-state index contributed by atoms with van der Waals surface area (Å²) in [5.74, 6) is -0.214. The van der Waals surface area contributed by atoms with Crippen LogP contribution in [0.25, 0.3) is 0 Å². The van der Waals surface area contributed by atoms with Crippen LogP contribution in [0.15, 0.2) is 60.7 Å². The van der Waals surface area contributed by atoms with Crippen LogP contribution >= 0.6 is 23.2 Å². The summed E-state index contributed by atoms with van der Waals surface area (Å²) in [6.45, 7) is 5.63. The van der Waals surface area contributed by atoms with Crippen LogP contribution in [0.2, 0.25) is 10.0 Å². The summed E-state index contributed by atoms with van der Waals surface area (Å²) in [4.78, 5) is 15.3. The lowest BCUT2D eigenvalue weighted by molar-refractivity contribution is 0.102. The van der Waals surface area contributed by atoms with Crippen molar-refractivity contribution in [3.8, 4) is 0 Å². The number of piperazine rings is 1. The first-order valence-electron chi connectivity index (χ1n) is 10.2. The number of hydrogen-bond donors (Lipinski definition) is 3. The predicted octanol–water partition coefficient (Wildman–Crippen LogP) is 5.71. The Morgan fingerprint density at radius 3 is 2.45 bits per heavy atom. The summed E-state index contributed by atoms with van der Waals surface area (Å²) in [7, 11) is 0. The highest BCUT2D eigenvalue weighted by atomic mass is 35.5. The highest BCUT2D eigenvalue weighted by molar-refractivity contribution is 6.33. The smallest absolute Gasteiger partial charge is 0.257 e. The molecule has 0 radical (unpaired) electrons. The Kier molecular flexibility index (Phi) is 6.66. The van der Waals surface area contributed by atoms with Gasteiger partial charge in [0, 0.05) is 42.6 Å². The molecule has 3 aromatic carbocycles. The minimum absolute atomic E-state index is 0.214. The summed E-state index contributed by atoms with van der Waals surface area (Å²) in [6.07, 6.45) is 0. The summed E-state index contributed by atoms with van der Waals surface area (Å²) >= 11 is 12.8. The molecule has 0 spiro atoms. The van der Waals surface area contributed by atoms with Crippen LogP contribution in [-0.4, -0.2) is 32.1 Å². The molecular formula is C24H24Cl2N4O. The van der Waals surface area contributed by atoms with Crippen molar-refractivity contribution in [2.75, 3.05) is 41.7 Å². The summed E-state index contributed by atoms with van der Waals surface area (Å²) < 4.78 is 0. The molecule has 0 aromatic heterocycles. The number of halogens is 2. The van der Waals surface area contributed by atoms with E-state index in [-0.39, 0.29) is 5.91 Å². The van der Waals surface area contributed by atoms with Gasteiger partial charge in [0.25, 0.3) is 5.91 Å². The van der Waals surface area contributed by atoms with E-state index in [2.05, 4.69) is 20.9 Å². The van der Waals surface area contributed by atoms with Crippen LogP contribution < -0.4 is 20.9 Å². The number of carbonyl (C=O) groups is 1. The molecule has 0 atom stereocenters. The maximum Gasteiger partial charge on any atom is 0.257 e. The fourth-order valence-corrected chi connectivity index (χ4v) is 4.10. The first-order chi connectivity index (χ1) is 15.0. The zero-order valence-electron chi connectivity index (χ0n) is 17.2. The van der Waals surface area contributed by atoms with Gasteiger partial charge in [-0.15, -0.1) is 0 Å². The fourth-order valence-electron chi connectivity index (χ4n) is 3.62. The van der Waals surface area contributed by atoms with E-state index in [0.29, 0.717) is 27.0 Å². The molecule has 1 aliphatic heterocycles. The van der Waals surface area contributed by atoms with E-state index in [0.717, 1.165) is 43.1 Å². The Morgan fingerprint density at radius 1 is 0.935 bits per heavy atom. The number of para-hydroxylation sites is 1. The molecule has 1 saturated heterocycles. The van der Waals surface area contributed by atoms with E-state index in [1.807, 2.05) is 55.5 Å².